The van der Waals surface area contributed by atoms with Crippen molar-refractivity contribution in [2.45, 2.75) is 13.0 Å². The van der Waals surface area contributed by atoms with Gasteiger partial charge < -0.3 is 30.2 Å². The highest BCUT2D eigenvalue weighted by Gasteiger charge is 2.24. The van der Waals surface area contributed by atoms with Gasteiger partial charge in [0.25, 0.3) is 0 Å². The van der Waals surface area contributed by atoms with E-state index in [0.717, 1.165) is 43.1 Å². The lowest BCUT2D eigenvalue weighted by Crippen LogP contribution is -2.36. The molecule has 2 aromatic rings. The van der Waals surface area contributed by atoms with Gasteiger partial charge in [0, 0.05) is 19.6 Å². The highest BCUT2D eigenvalue weighted by Crippen LogP contribution is 2.31. The van der Waals surface area contributed by atoms with Gasteiger partial charge in [-0.3, -0.25) is 0 Å². The molecular weight excluding hydrogens is 495 g/mol. The van der Waals surface area contributed by atoms with E-state index in [-0.39, 0.29) is 24.0 Å². The number of rotatable bonds is 8. The first-order chi connectivity index (χ1) is 14.1. The zero-order valence-electron chi connectivity index (χ0n) is 17.8. The van der Waals surface area contributed by atoms with Crippen LogP contribution in [-0.4, -0.2) is 46.9 Å². The highest BCUT2D eigenvalue weighted by atomic mass is 127. The van der Waals surface area contributed by atoms with E-state index in [1.807, 2.05) is 36.4 Å². The monoisotopic (exact) mass is 526 g/mol. The topological polar surface area (TPSA) is 81.3 Å². The van der Waals surface area contributed by atoms with Crippen molar-refractivity contribution >= 4 is 35.6 Å². The fourth-order valence-electron chi connectivity index (χ4n) is 3.57. The molecule has 1 saturated heterocycles. The maximum atomic E-state index is 6.07. The van der Waals surface area contributed by atoms with Crippen LogP contribution in [0.4, 0.5) is 5.69 Å². The summed E-state index contributed by atoms with van der Waals surface area (Å²) >= 11 is 0. The maximum absolute atomic E-state index is 6.07. The van der Waals surface area contributed by atoms with Crippen LogP contribution in [0.25, 0.3) is 0 Å². The summed E-state index contributed by atoms with van der Waals surface area (Å²) in [5.74, 6) is 3.27. The number of anilines is 1. The average molecular weight is 526 g/mol. The van der Waals surface area contributed by atoms with Crippen LogP contribution in [0, 0.1) is 5.92 Å². The number of nitrogens with one attached hydrogen (secondary N) is 1. The number of nitrogens with zero attached hydrogens (tertiary/aromatic N) is 2. The molecule has 0 radical (unpaired) electrons. The molecule has 0 bridgehead atoms. The van der Waals surface area contributed by atoms with Gasteiger partial charge in [0.2, 0.25) is 0 Å². The number of ether oxygens (including phenoxy) is 3. The Labute approximate surface area is 195 Å². The molecule has 1 fully saturated rings. The number of para-hydroxylation sites is 2. The first-order valence-corrected chi connectivity index (χ1v) is 9.77. The molecule has 1 atom stereocenters. The number of guanidine groups is 1. The first-order valence-electron chi connectivity index (χ1n) is 9.77. The third-order valence-corrected chi connectivity index (χ3v) is 5.16. The second-order valence-corrected chi connectivity index (χ2v) is 7.04. The molecule has 1 aliphatic rings. The van der Waals surface area contributed by atoms with Crippen LogP contribution in [0.5, 0.6) is 17.2 Å². The van der Waals surface area contributed by atoms with Gasteiger partial charge in [-0.15, -0.1) is 24.0 Å². The van der Waals surface area contributed by atoms with E-state index in [9.17, 15) is 0 Å². The number of nitrogens with two attached hydrogens (primary N) is 1. The van der Waals surface area contributed by atoms with Crippen LogP contribution in [0.15, 0.2) is 47.5 Å². The first kappa shape index (κ1) is 23.9. The third-order valence-electron chi connectivity index (χ3n) is 5.16. The maximum Gasteiger partial charge on any atom is 0.188 e. The lowest BCUT2D eigenvalue weighted by molar-refractivity contribution is 0.354. The number of hydrogen-bond acceptors (Lipinski definition) is 5. The van der Waals surface area contributed by atoms with Crippen molar-refractivity contribution < 1.29 is 14.2 Å². The van der Waals surface area contributed by atoms with Crippen molar-refractivity contribution in [3.8, 4) is 17.2 Å². The molecule has 0 amide bonds. The van der Waals surface area contributed by atoms with Gasteiger partial charge in [0.1, 0.15) is 5.75 Å². The molecule has 8 heteroatoms. The molecule has 0 aliphatic carbocycles. The van der Waals surface area contributed by atoms with E-state index in [1.54, 1.807) is 21.3 Å². The second-order valence-electron chi connectivity index (χ2n) is 7.04. The quantitative estimate of drug-likeness (QED) is 0.312. The highest BCUT2D eigenvalue weighted by molar-refractivity contribution is 14.0. The number of aliphatic imine (C=N–C) groups is 1. The lowest BCUT2D eigenvalue weighted by atomic mass is 10.1. The van der Waals surface area contributed by atoms with Gasteiger partial charge in [-0.05, 0) is 42.2 Å². The SMILES string of the molecule is COc1ccc(CN=C(N)NCC2CCN(c3ccccc3OC)C2)cc1OC.I. The van der Waals surface area contributed by atoms with E-state index in [0.29, 0.717) is 29.9 Å². The number of benzene rings is 2. The summed E-state index contributed by atoms with van der Waals surface area (Å²) < 4.78 is 16.1. The minimum atomic E-state index is 0. The standard InChI is InChI=1S/C22H30N4O3.HI/c1-27-19-7-5-4-6-18(19)26-11-10-17(15-26)14-25-22(23)24-13-16-8-9-20(28-2)21(12-16)29-3;/h4-9,12,17H,10-11,13-15H2,1-3H3,(H3,23,24,25);1H. The Balaban J connectivity index is 0.00000320. The van der Waals surface area contributed by atoms with Gasteiger partial charge >= 0.3 is 0 Å². The second kappa shape index (κ2) is 11.7. The summed E-state index contributed by atoms with van der Waals surface area (Å²) in [6, 6.07) is 13.9. The van der Waals surface area contributed by atoms with Gasteiger partial charge in [0.05, 0.1) is 33.6 Å². The van der Waals surface area contributed by atoms with Crippen LogP contribution < -0.4 is 30.2 Å². The minimum Gasteiger partial charge on any atom is -0.495 e. The largest absolute Gasteiger partial charge is 0.495 e. The van der Waals surface area contributed by atoms with E-state index >= 15 is 0 Å². The normalized spacial score (nSPS) is 16.0. The fraction of sp³-hybridized carbons (Fsp3) is 0.409. The smallest absolute Gasteiger partial charge is 0.188 e. The van der Waals surface area contributed by atoms with E-state index in [1.165, 1.54) is 0 Å². The Morgan fingerprint density at radius 2 is 1.80 bits per heavy atom. The zero-order valence-corrected chi connectivity index (χ0v) is 20.1. The van der Waals surface area contributed by atoms with Crippen molar-refractivity contribution in [2.75, 3.05) is 45.9 Å². The number of methoxy groups -OCH3 is 3. The van der Waals surface area contributed by atoms with Crippen LogP contribution in [0.2, 0.25) is 0 Å². The van der Waals surface area contributed by atoms with Crippen molar-refractivity contribution in [2.24, 2.45) is 16.6 Å². The number of halogens is 1. The molecule has 0 aromatic heterocycles. The molecule has 1 aliphatic heterocycles. The van der Waals surface area contributed by atoms with Crippen molar-refractivity contribution in [3.63, 3.8) is 0 Å². The molecule has 1 heterocycles. The fourth-order valence-corrected chi connectivity index (χ4v) is 3.57. The Kier molecular flexibility index (Phi) is 9.35. The Bertz CT molecular complexity index is 847. The molecule has 7 nitrogen and oxygen atoms in total. The summed E-state index contributed by atoms with van der Waals surface area (Å²) in [7, 11) is 4.95. The van der Waals surface area contributed by atoms with Crippen LogP contribution in [0.3, 0.4) is 0 Å². The Hall–Kier alpha value is -2.36. The van der Waals surface area contributed by atoms with Crippen LogP contribution >= 0.6 is 24.0 Å². The zero-order chi connectivity index (χ0) is 20.6. The molecule has 3 rings (SSSR count). The van der Waals surface area contributed by atoms with Crippen molar-refractivity contribution in [1.29, 1.82) is 0 Å². The molecule has 0 saturated carbocycles. The van der Waals surface area contributed by atoms with Gasteiger partial charge in [0.15, 0.2) is 17.5 Å². The molecule has 0 spiro atoms. The molecule has 1 unspecified atom stereocenters. The van der Waals surface area contributed by atoms with Gasteiger partial charge in [-0.25, -0.2) is 4.99 Å². The lowest BCUT2D eigenvalue weighted by Gasteiger charge is -2.21. The van der Waals surface area contributed by atoms with E-state index in [2.05, 4.69) is 21.3 Å². The Morgan fingerprint density at radius 1 is 1.07 bits per heavy atom. The summed E-state index contributed by atoms with van der Waals surface area (Å²) in [4.78, 5) is 6.81. The van der Waals surface area contributed by atoms with Crippen LogP contribution in [0.1, 0.15) is 12.0 Å². The minimum absolute atomic E-state index is 0. The third kappa shape index (κ3) is 6.07. The number of hydrogen-bond donors (Lipinski definition) is 2. The Morgan fingerprint density at radius 3 is 2.53 bits per heavy atom. The summed E-state index contributed by atoms with van der Waals surface area (Å²) in [5.41, 5.74) is 8.22. The predicted octanol–water partition coefficient (Wildman–Crippen LogP) is 3.26. The van der Waals surface area contributed by atoms with Crippen molar-refractivity contribution in [3.05, 3.63) is 48.0 Å². The van der Waals surface area contributed by atoms with Gasteiger partial charge in [-0.1, -0.05) is 18.2 Å². The molecule has 30 heavy (non-hydrogen) atoms. The van der Waals surface area contributed by atoms with Gasteiger partial charge in [-0.2, -0.15) is 0 Å². The average Bonchev–Trinajstić information content (AvgIpc) is 3.24. The molecular formula is C22H31IN4O3. The summed E-state index contributed by atoms with van der Waals surface area (Å²) in [6.45, 7) is 3.26. The van der Waals surface area contributed by atoms with Crippen molar-refractivity contribution in [1.82, 2.24) is 5.32 Å². The molecule has 2 aromatic carbocycles. The van der Waals surface area contributed by atoms with E-state index in [4.69, 9.17) is 19.9 Å². The molecule has 3 N–H and O–H groups in total. The van der Waals surface area contributed by atoms with Crippen LogP contribution in [-0.2, 0) is 6.54 Å². The summed E-state index contributed by atoms with van der Waals surface area (Å²) in [5, 5.41) is 3.26. The predicted molar refractivity (Wildman–Crippen MR) is 132 cm³/mol. The summed E-state index contributed by atoms with van der Waals surface area (Å²) in [6.07, 6.45) is 1.11. The van der Waals surface area contributed by atoms with E-state index < -0.39 is 0 Å². The molecule has 164 valence electrons.